The summed E-state index contributed by atoms with van der Waals surface area (Å²) in [6.07, 6.45) is 0. The van der Waals surface area contributed by atoms with Gasteiger partial charge in [-0.25, -0.2) is 0 Å². The summed E-state index contributed by atoms with van der Waals surface area (Å²) >= 11 is 3.48. The van der Waals surface area contributed by atoms with Crippen LogP contribution < -0.4 is 11.1 Å². The fourth-order valence-electron chi connectivity index (χ4n) is 1.39. The fraction of sp³-hybridized carbons (Fsp3) is 0.462. The van der Waals surface area contributed by atoms with Gasteiger partial charge in [-0.05, 0) is 32.4 Å². The lowest BCUT2D eigenvalue weighted by atomic mass is 9.92. The zero-order valence-corrected chi connectivity index (χ0v) is 13.3. The summed E-state index contributed by atoms with van der Waals surface area (Å²) in [5.74, 6) is -0.0248. The molecule has 3 nitrogen and oxygen atoms in total. The lowest BCUT2D eigenvalue weighted by Gasteiger charge is -2.25. The number of hydrogen-bond acceptors (Lipinski definition) is 2. The van der Waals surface area contributed by atoms with Crippen molar-refractivity contribution in [2.24, 2.45) is 11.1 Å². The molecule has 102 valence electrons. The number of nitrogens with two attached hydrogens (primary N) is 1. The molecule has 0 radical (unpaired) electrons. The predicted octanol–water partition coefficient (Wildman–Crippen LogP) is 3.03. The Bertz CT molecular complexity index is 410. The Hall–Kier alpha value is -0.580. The van der Waals surface area contributed by atoms with Gasteiger partial charge in [0.15, 0.2) is 0 Å². The van der Waals surface area contributed by atoms with Crippen LogP contribution in [0.25, 0.3) is 0 Å². The third-order valence-electron chi connectivity index (χ3n) is 2.84. The van der Waals surface area contributed by atoms with Gasteiger partial charge >= 0.3 is 0 Å². The van der Waals surface area contributed by atoms with Gasteiger partial charge < -0.3 is 11.1 Å². The number of hydrogen-bond donors (Lipinski definition) is 2. The van der Waals surface area contributed by atoms with Gasteiger partial charge in [-0.3, -0.25) is 4.79 Å². The van der Waals surface area contributed by atoms with Crippen LogP contribution in [0.5, 0.6) is 0 Å². The second-order valence-electron chi connectivity index (χ2n) is 4.80. The van der Waals surface area contributed by atoms with Crippen LogP contribution in [0, 0.1) is 5.41 Å². The Labute approximate surface area is 123 Å². The number of carbonyl (C=O) groups is 1. The molecule has 0 aliphatic rings. The van der Waals surface area contributed by atoms with Crippen LogP contribution in [0.1, 0.15) is 32.4 Å². The molecular formula is C13H20BrClN2O. The molecule has 0 aliphatic heterocycles. The van der Waals surface area contributed by atoms with Gasteiger partial charge in [-0.15, -0.1) is 12.4 Å². The molecular weight excluding hydrogens is 316 g/mol. The first-order valence-electron chi connectivity index (χ1n) is 5.64. The SMILES string of the molecule is CC(NC(=O)C(C)(C)CN)c1ccccc1Br.Cl. The minimum Gasteiger partial charge on any atom is -0.349 e. The van der Waals surface area contributed by atoms with Gasteiger partial charge in [0, 0.05) is 11.0 Å². The van der Waals surface area contributed by atoms with Gasteiger partial charge in [-0.1, -0.05) is 34.1 Å². The second-order valence-corrected chi connectivity index (χ2v) is 5.66. The van der Waals surface area contributed by atoms with Crippen LogP contribution in [-0.4, -0.2) is 12.5 Å². The first kappa shape index (κ1) is 17.4. The van der Waals surface area contributed by atoms with E-state index in [1.807, 2.05) is 45.0 Å². The monoisotopic (exact) mass is 334 g/mol. The van der Waals surface area contributed by atoms with Crippen molar-refractivity contribution in [3.05, 3.63) is 34.3 Å². The summed E-state index contributed by atoms with van der Waals surface area (Å²) in [6.45, 7) is 5.98. The Balaban J connectivity index is 0.00000289. The second kappa shape index (κ2) is 7.12. The minimum absolute atomic E-state index is 0. The molecule has 1 amide bonds. The molecule has 1 aromatic rings. The van der Waals surface area contributed by atoms with Crippen LogP contribution >= 0.6 is 28.3 Å². The van der Waals surface area contributed by atoms with Gasteiger partial charge in [-0.2, -0.15) is 0 Å². The van der Waals surface area contributed by atoms with Gasteiger partial charge in [0.1, 0.15) is 0 Å². The quantitative estimate of drug-likeness (QED) is 0.888. The summed E-state index contributed by atoms with van der Waals surface area (Å²) < 4.78 is 0.998. The van der Waals surface area contributed by atoms with Crippen LogP contribution in [0.3, 0.4) is 0 Å². The normalized spacial score (nSPS) is 12.5. The fourth-order valence-corrected chi connectivity index (χ4v) is 2.02. The average molecular weight is 336 g/mol. The maximum atomic E-state index is 12.0. The van der Waals surface area contributed by atoms with Crippen LogP contribution in [0.15, 0.2) is 28.7 Å². The number of rotatable bonds is 4. The molecule has 0 bridgehead atoms. The smallest absolute Gasteiger partial charge is 0.227 e. The van der Waals surface area contributed by atoms with Crippen molar-refractivity contribution in [2.45, 2.75) is 26.8 Å². The first-order chi connectivity index (χ1) is 7.88. The van der Waals surface area contributed by atoms with Crippen molar-refractivity contribution < 1.29 is 4.79 Å². The number of nitrogens with one attached hydrogen (secondary N) is 1. The van der Waals surface area contributed by atoms with E-state index in [-0.39, 0.29) is 24.4 Å². The molecule has 0 aliphatic carbocycles. The van der Waals surface area contributed by atoms with Gasteiger partial charge in [0.05, 0.1) is 11.5 Å². The third-order valence-corrected chi connectivity index (χ3v) is 3.57. The highest BCUT2D eigenvalue weighted by Crippen LogP contribution is 2.24. The van der Waals surface area contributed by atoms with Gasteiger partial charge in [0.2, 0.25) is 5.91 Å². The molecule has 1 rings (SSSR count). The standard InChI is InChI=1S/C13H19BrN2O.ClH/c1-9(10-6-4-5-7-11(10)14)16-12(17)13(2,3)8-15;/h4-7,9H,8,15H2,1-3H3,(H,16,17);1H. The summed E-state index contributed by atoms with van der Waals surface area (Å²) in [6, 6.07) is 7.82. The molecule has 0 spiro atoms. The molecule has 1 atom stereocenters. The molecule has 0 aromatic heterocycles. The maximum Gasteiger partial charge on any atom is 0.227 e. The molecule has 1 aromatic carbocycles. The number of halogens is 2. The van der Waals surface area contributed by atoms with Crippen molar-refractivity contribution in [3.63, 3.8) is 0 Å². The number of carbonyl (C=O) groups excluding carboxylic acids is 1. The topological polar surface area (TPSA) is 55.1 Å². The van der Waals surface area contributed by atoms with E-state index in [2.05, 4.69) is 21.2 Å². The van der Waals surface area contributed by atoms with Crippen molar-refractivity contribution in [1.29, 1.82) is 0 Å². The van der Waals surface area contributed by atoms with E-state index >= 15 is 0 Å². The van der Waals surface area contributed by atoms with E-state index in [9.17, 15) is 4.79 Å². The molecule has 0 fully saturated rings. The zero-order valence-electron chi connectivity index (χ0n) is 10.9. The summed E-state index contributed by atoms with van der Waals surface area (Å²) in [5, 5.41) is 2.98. The first-order valence-corrected chi connectivity index (χ1v) is 6.43. The van der Waals surface area contributed by atoms with Crippen molar-refractivity contribution in [1.82, 2.24) is 5.32 Å². The molecule has 0 heterocycles. The van der Waals surface area contributed by atoms with E-state index in [4.69, 9.17) is 5.73 Å². The van der Waals surface area contributed by atoms with E-state index in [0.717, 1.165) is 10.0 Å². The van der Waals surface area contributed by atoms with E-state index in [0.29, 0.717) is 6.54 Å². The number of benzene rings is 1. The molecule has 1 unspecified atom stereocenters. The summed E-state index contributed by atoms with van der Waals surface area (Å²) in [5.41, 5.74) is 6.11. The maximum absolute atomic E-state index is 12.0. The summed E-state index contributed by atoms with van der Waals surface area (Å²) in [7, 11) is 0. The highest BCUT2D eigenvalue weighted by atomic mass is 79.9. The third kappa shape index (κ3) is 4.26. The highest BCUT2D eigenvalue weighted by molar-refractivity contribution is 9.10. The Morgan fingerprint density at radius 3 is 2.50 bits per heavy atom. The molecule has 18 heavy (non-hydrogen) atoms. The van der Waals surface area contributed by atoms with E-state index < -0.39 is 5.41 Å². The Morgan fingerprint density at radius 1 is 1.44 bits per heavy atom. The molecule has 3 N–H and O–H groups in total. The van der Waals surface area contributed by atoms with Crippen LogP contribution in [0.2, 0.25) is 0 Å². The zero-order chi connectivity index (χ0) is 13.1. The van der Waals surface area contributed by atoms with Crippen molar-refractivity contribution >= 4 is 34.2 Å². The average Bonchev–Trinajstić information content (AvgIpc) is 2.29. The van der Waals surface area contributed by atoms with Gasteiger partial charge in [0.25, 0.3) is 0 Å². The highest BCUT2D eigenvalue weighted by Gasteiger charge is 2.27. The predicted molar refractivity (Wildman–Crippen MR) is 80.8 cm³/mol. The van der Waals surface area contributed by atoms with Crippen molar-refractivity contribution in [3.8, 4) is 0 Å². The molecule has 0 saturated heterocycles. The lowest BCUT2D eigenvalue weighted by molar-refractivity contribution is -0.129. The molecule has 5 heteroatoms. The van der Waals surface area contributed by atoms with Crippen LogP contribution in [0.4, 0.5) is 0 Å². The number of amides is 1. The van der Waals surface area contributed by atoms with E-state index in [1.165, 1.54) is 0 Å². The van der Waals surface area contributed by atoms with E-state index in [1.54, 1.807) is 0 Å². The lowest BCUT2D eigenvalue weighted by Crippen LogP contribution is -2.42. The summed E-state index contributed by atoms with van der Waals surface area (Å²) in [4.78, 5) is 12.0. The van der Waals surface area contributed by atoms with Crippen LogP contribution in [-0.2, 0) is 4.79 Å². The molecule has 0 saturated carbocycles. The Morgan fingerprint density at radius 2 is 2.00 bits per heavy atom. The Kier molecular flexibility index (Phi) is 6.89. The largest absolute Gasteiger partial charge is 0.349 e. The minimum atomic E-state index is -0.532. The van der Waals surface area contributed by atoms with Crippen molar-refractivity contribution in [2.75, 3.05) is 6.54 Å².